The van der Waals surface area contributed by atoms with Crippen molar-refractivity contribution in [3.8, 4) is 22.8 Å². The first kappa shape index (κ1) is 73.4. The van der Waals surface area contributed by atoms with E-state index >= 15 is 0 Å². The summed E-state index contributed by atoms with van der Waals surface area (Å²) < 4.78 is 78.0. The van der Waals surface area contributed by atoms with E-state index < -0.39 is 46.2 Å². The normalized spacial score (nSPS) is 10.5. The summed E-state index contributed by atoms with van der Waals surface area (Å²) in [4.78, 5) is 16.7. The van der Waals surface area contributed by atoms with E-state index in [1.807, 2.05) is 72.8 Å². The van der Waals surface area contributed by atoms with Crippen molar-refractivity contribution in [1.29, 1.82) is 0 Å². The van der Waals surface area contributed by atoms with Crippen LogP contribution >= 0.6 is 31.7 Å². The second kappa shape index (κ2) is 40.4. The number of halogens is 8. The summed E-state index contributed by atoms with van der Waals surface area (Å²) in [5.41, 5.74) is 3.66. The Bertz CT molecular complexity index is 3090. The first-order valence-corrected chi connectivity index (χ1v) is 34.9. The van der Waals surface area contributed by atoms with Crippen LogP contribution in [0.15, 0.2) is 340 Å². The molecule has 0 aliphatic heterocycles. The van der Waals surface area contributed by atoms with E-state index in [0.717, 1.165) is 22.8 Å². The molecule has 90 heavy (non-hydrogen) atoms. The maximum absolute atomic E-state index is 9.75. The molecule has 0 bridgehead atoms. The predicted molar refractivity (Wildman–Crippen MR) is 367 cm³/mol. The molecule has 0 spiro atoms. The van der Waals surface area contributed by atoms with Gasteiger partial charge in [0.05, 0.1) is 22.8 Å². The average molecular weight is 1390 g/mol. The monoisotopic (exact) mass is 1380 g/mol. The third-order valence-corrected chi connectivity index (χ3v) is 26.8. The third kappa shape index (κ3) is 27.4. The minimum absolute atomic E-state index is 0. The Morgan fingerprint density at radius 3 is 0.433 bits per heavy atom. The zero-order valence-corrected chi connectivity index (χ0v) is 54.2. The molecule has 0 saturated carbocycles. The number of hydrogen-bond acceptors (Lipinski definition) is 4. The molecule has 0 aliphatic rings. The smallest absolute Gasteiger partial charge is 0.418 e. The van der Waals surface area contributed by atoms with Crippen molar-refractivity contribution in [2.24, 2.45) is 0 Å². The van der Waals surface area contributed by atoms with E-state index in [9.17, 15) is 34.5 Å². The summed E-state index contributed by atoms with van der Waals surface area (Å²) in [7, 11) is -15.4. The Kier molecular flexibility index (Phi) is 33.0. The summed E-state index contributed by atoms with van der Waals surface area (Å²) in [6.45, 7) is 0. The topological polar surface area (TPSA) is 51.6 Å². The van der Waals surface area contributed by atoms with Crippen molar-refractivity contribution in [2.75, 3.05) is 11.8 Å². The van der Waals surface area contributed by atoms with Crippen LogP contribution in [0.25, 0.3) is 22.8 Å². The zero-order valence-electron chi connectivity index (χ0n) is 48.3. The Hall–Kier alpha value is -7.31. The molecule has 0 amide bonds. The molecule has 464 valence electrons. The average Bonchev–Trinajstić information content (AvgIpc) is 2.16. The summed E-state index contributed by atoms with van der Waals surface area (Å²) in [6.07, 6.45) is 7.07. The van der Waals surface area contributed by atoms with Crippen molar-refractivity contribution >= 4 is 88.6 Å². The molecule has 0 radical (unpaired) electrons. The molecule has 4 aromatic heterocycles. The van der Waals surface area contributed by atoms with Crippen LogP contribution in [0.2, 0.25) is 0 Å². The van der Waals surface area contributed by atoms with Crippen molar-refractivity contribution in [3.63, 3.8) is 0 Å². The van der Waals surface area contributed by atoms with E-state index in [1.54, 1.807) is 24.8 Å². The molecule has 0 saturated heterocycles. The van der Waals surface area contributed by atoms with Gasteiger partial charge in [0, 0.05) is 24.8 Å². The van der Waals surface area contributed by atoms with Crippen LogP contribution in [-0.2, 0) is 34.1 Å². The molecular weight excluding hydrogens is 1320 g/mol. The van der Waals surface area contributed by atoms with Gasteiger partial charge in [-0.2, -0.15) is 0 Å². The summed E-state index contributed by atoms with van der Waals surface area (Å²) in [6, 6.07) is 112. The quantitative estimate of drug-likeness (QED) is 0.0618. The fraction of sp³-hybridized carbons (Fsp3) is 0.0286. The second-order valence-electron chi connectivity index (χ2n) is 19.0. The van der Waals surface area contributed by atoms with Crippen LogP contribution in [0.3, 0.4) is 0 Å². The van der Waals surface area contributed by atoms with Gasteiger partial charge >= 0.3 is 48.6 Å². The molecule has 8 aromatic carbocycles. The molecule has 0 atom stereocenters. The van der Waals surface area contributed by atoms with Crippen molar-refractivity contribution in [2.45, 2.75) is 0 Å². The van der Waals surface area contributed by atoms with E-state index in [2.05, 4.69) is 263 Å². The maximum atomic E-state index is 9.75. The molecule has 0 fully saturated rings. The van der Waals surface area contributed by atoms with Crippen LogP contribution in [0.5, 0.6) is 0 Å². The van der Waals surface area contributed by atoms with Gasteiger partial charge in [0.1, 0.15) is 74.1 Å². The van der Waals surface area contributed by atoms with Gasteiger partial charge < -0.3 is 34.5 Å². The molecule has 4 nitrogen and oxygen atoms in total. The van der Waals surface area contributed by atoms with Crippen LogP contribution in [0, 0.1) is 0 Å². The van der Waals surface area contributed by atoms with Gasteiger partial charge in [-0.25, -0.2) is 0 Å². The van der Waals surface area contributed by atoms with Crippen molar-refractivity contribution in [3.05, 3.63) is 340 Å². The van der Waals surface area contributed by atoms with E-state index in [-0.39, 0.29) is 34.1 Å². The number of aromatic nitrogens is 4. The number of benzene rings is 8. The molecule has 12 rings (SSSR count). The second-order valence-corrected chi connectivity index (χ2v) is 30.3. The van der Waals surface area contributed by atoms with E-state index in [1.165, 1.54) is 54.2 Å². The molecule has 0 N–H and O–H groups in total. The number of nitrogens with zero attached hydrogens (tertiary/aromatic N) is 4. The Morgan fingerprint density at radius 2 is 0.322 bits per heavy atom. The largest absolute Gasteiger partial charge is 1.00 e. The number of hydrogen-bond donors (Lipinski definition) is 0. The van der Waals surface area contributed by atoms with E-state index in [0.29, 0.717) is 0 Å². The van der Waals surface area contributed by atoms with Crippen LogP contribution in [0.1, 0.15) is 0 Å². The van der Waals surface area contributed by atoms with E-state index in [4.69, 9.17) is 0 Å². The number of pyridine rings is 4. The fourth-order valence-corrected chi connectivity index (χ4v) is 24.5. The Balaban J connectivity index is 0.000000216. The van der Waals surface area contributed by atoms with Gasteiger partial charge in [-0.3, -0.25) is 19.9 Å². The summed E-state index contributed by atoms with van der Waals surface area (Å²) in [5, 5.41) is 12.0. The Labute approximate surface area is 548 Å². The minimum Gasteiger partial charge on any atom is -0.418 e. The van der Waals surface area contributed by atoms with Crippen LogP contribution < -0.4 is 42.4 Å². The Morgan fingerprint density at radius 1 is 0.200 bits per heavy atom. The molecule has 0 unspecified atom stereocenters. The SMILES string of the molecule is F[B-](F)(F)F.F[B-](F)(F)F.[Cu+].[Cu+].c1ccc(-c2ccccn2)nc1.c1ccc(-c2ccccn2)nc1.c1ccc([PH+](C[PH+](c2ccccc2)c2ccccc2)c2ccccc2)cc1.c1ccc([PH+](C[PH+](c2ccccc2)c2ccccc2)c2ccccc2)cc1. The predicted octanol–water partition coefficient (Wildman–Crippen LogP) is 16.2. The minimum atomic E-state index is -6.00. The van der Waals surface area contributed by atoms with Crippen LogP contribution in [0.4, 0.5) is 34.5 Å². The first-order valence-electron chi connectivity index (χ1n) is 28.0. The van der Waals surface area contributed by atoms with Gasteiger partial charge in [0.15, 0.2) is 11.8 Å². The van der Waals surface area contributed by atoms with Gasteiger partial charge in [-0.1, -0.05) is 170 Å². The van der Waals surface area contributed by atoms with Crippen molar-refractivity contribution in [1.82, 2.24) is 19.9 Å². The van der Waals surface area contributed by atoms with Crippen LogP contribution in [-0.4, -0.2) is 46.3 Å². The standard InChI is InChI=1S/2C25H22P2.2C10H8N2.2BF4.2Cu/c2*1-5-13-22(14-6-1)26(23-15-7-2-8-16-23)21-27(24-17-9-3-10-18-24)25-19-11-4-12-20-25;2*1-3-7-11-9(5-1)10-6-2-4-8-12-10;2*2-1(3,4)5;;/h2*1-20H,21H2;2*1-8H;;;;/q;;;;2*-1;2*+1/p+4. The summed E-state index contributed by atoms with van der Waals surface area (Å²) in [5.74, 6) is 2.49. The molecule has 0 aliphatic carbocycles. The summed E-state index contributed by atoms with van der Waals surface area (Å²) >= 11 is 0. The first-order chi connectivity index (χ1) is 42.8. The fourth-order valence-electron chi connectivity index (χ4n) is 9.01. The zero-order chi connectivity index (χ0) is 62.1. The molecule has 20 heteroatoms. The van der Waals surface area contributed by atoms with Gasteiger partial charge in [0.2, 0.25) is 0 Å². The van der Waals surface area contributed by atoms with Gasteiger partial charge in [0.25, 0.3) is 0 Å². The van der Waals surface area contributed by atoms with Crippen molar-refractivity contribution < 1.29 is 68.7 Å². The van der Waals surface area contributed by atoms with Gasteiger partial charge in [-0.05, 0) is 146 Å². The maximum Gasteiger partial charge on any atom is 1.00 e. The van der Waals surface area contributed by atoms with Gasteiger partial charge in [-0.15, -0.1) is 0 Å². The molecule has 12 aromatic rings. The molecular formula is C70H64B2Cu2F8N4P4+4. The molecule has 4 heterocycles. The number of rotatable bonds is 14. The third-order valence-electron chi connectivity index (χ3n) is 12.9.